The van der Waals surface area contributed by atoms with Gasteiger partial charge in [-0.2, -0.15) is 0 Å². The number of rotatable bonds is 8. The first-order chi connectivity index (χ1) is 13.3. The Morgan fingerprint density at radius 2 is 1.75 bits per heavy atom. The lowest BCUT2D eigenvalue weighted by Gasteiger charge is -2.12. The number of carbonyl (C=O) groups is 3. The van der Waals surface area contributed by atoms with Crippen LogP contribution in [0.25, 0.3) is 0 Å². The second-order valence-corrected chi connectivity index (χ2v) is 7.26. The third-order valence-electron chi connectivity index (χ3n) is 3.66. The molecule has 0 radical (unpaired) electrons. The third-order valence-corrected chi connectivity index (χ3v) is 4.79. The second-order valence-electron chi connectivity index (χ2n) is 5.95. The summed E-state index contributed by atoms with van der Waals surface area (Å²) >= 11 is 1.24. The average molecular weight is 405 g/mol. The lowest BCUT2D eigenvalue weighted by molar-refractivity contribution is -0.142. The summed E-state index contributed by atoms with van der Waals surface area (Å²) in [6.07, 6.45) is 0.0269. The van der Waals surface area contributed by atoms with Gasteiger partial charge in [0.05, 0.1) is 11.9 Å². The van der Waals surface area contributed by atoms with Crippen molar-refractivity contribution in [3.8, 4) is 0 Å². The van der Waals surface area contributed by atoms with E-state index in [2.05, 4.69) is 20.8 Å². The molecule has 1 aromatic heterocycles. The van der Waals surface area contributed by atoms with E-state index in [0.29, 0.717) is 29.0 Å². The van der Waals surface area contributed by atoms with Crippen LogP contribution in [-0.2, 0) is 32.6 Å². The molecule has 1 aromatic carbocycles. The summed E-state index contributed by atoms with van der Waals surface area (Å²) in [6.45, 7) is 5.23. The molecule has 1 atom stereocenters. The van der Waals surface area contributed by atoms with Crippen LogP contribution in [0.2, 0.25) is 0 Å². The Hall–Kier alpha value is -2.88. The topological polar surface area (TPSA) is 115 Å². The van der Waals surface area contributed by atoms with Crippen LogP contribution in [0.1, 0.15) is 26.6 Å². The summed E-state index contributed by atoms with van der Waals surface area (Å²) in [5.41, 5.74) is 1.27. The molecule has 10 heteroatoms. The second kappa shape index (κ2) is 9.88. The molecular formula is C18H23N5O4S. The van der Waals surface area contributed by atoms with E-state index in [1.807, 2.05) is 0 Å². The Kier molecular flexibility index (Phi) is 7.56. The van der Waals surface area contributed by atoms with Gasteiger partial charge in [0.25, 0.3) is 0 Å². The van der Waals surface area contributed by atoms with Crippen LogP contribution in [0.5, 0.6) is 0 Å². The van der Waals surface area contributed by atoms with E-state index in [0.717, 1.165) is 0 Å². The largest absolute Gasteiger partial charge is 0.466 e. The van der Waals surface area contributed by atoms with Gasteiger partial charge in [0, 0.05) is 25.3 Å². The highest BCUT2D eigenvalue weighted by Gasteiger charge is 2.20. The Bertz CT molecular complexity index is 850. The van der Waals surface area contributed by atoms with Crippen LogP contribution in [0.15, 0.2) is 29.4 Å². The molecule has 0 aliphatic rings. The Morgan fingerprint density at radius 3 is 2.32 bits per heavy atom. The van der Waals surface area contributed by atoms with Crippen molar-refractivity contribution >= 4 is 40.9 Å². The molecule has 1 heterocycles. The number of hydrogen-bond acceptors (Lipinski definition) is 7. The molecule has 28 heavy (non-hydrogen) atoms. The molecule has 0 spiro atoms. The maximum absolute atomic E-state index is 12.4. The SMILES string of the molecule is CCOC(=O)Cc1nnc(S[C@@H](C)C(=O)Nc2ccc(NC(C)=O)cc2)n1C. The van der Waals surface area contributed by atoms with Crippen LogP contribution in [-0.4, -0.2) is 44.4 Å². The highest BCUT2D eigenvalue weighted by Crippen LogP contribution is 2.23. The standard InChI is InChI=1S/C18H23N5O4S/c1-5-27-16(25)10-15-21-22-18(23(15)4)28-11(2)17(26)20-14-8-6-13(7-9-14)19-12(3)24/h6-9,11H,5,10H2,1-4H3,(H,19,24)(H,20,26)/t11-/m0/s1. The summed E-state index contributed by atoms with van der Waals surface area (Å²) in [7, 11) is 1.74. The van der Waals surface area contributed by atoms with Gasteiger partial charge < -0.3 is 19.9 Å². The van der Waals surface area contributed by atoms with Crippen molar-refractivity contribution in [1.29, 1.82) is 0 Å². The molecule has 2 rings (SSSR count). The first kappa shape index (κ1) is 21.4. The molecule has 9 nitrogen and oxygen atoms in total. The first-order valence-corrected chi connectivity index (χ1v) is 9.57. The first-order valence-electron chi connectivity index (χ1n) is 8.69. The Labute approximate surface area is 167 Å². The van der Waals surface area contributed by atoms with Gasteiger partial charge in [-0.1, -0.05) is 11.8 Å². The summed E-state index contributed by atoms with van der Waals surface area (Å²) in [5, 5.41) is 13.6. The number of benzene rings is 1. The third kappa shape index (κ3) is 6.08. The fourth-order valence-corrected chi connectivity index (χ4v) is 3.07. The van der Waals surface area contributed by atoms with Crippen molar-refractivity contribution in [3.05, 3.63) is 30.1 Å². The zero-order valence-corrected chi connectivity index (χ0v) is 17.0. The fraction of sp³-hybridized carbons (Fsp3) is 0.389. The number of esters is 1. The van der Waals surface area contributed by atoms with Crippen LogP contribution < -0.4 is 10.6 Å². The van der Waals surface area contributed by atoms with Crippen molar-refractivity contribution < 1.29 is 19.1 Å². The van der Waals surface area contributed by atoms with E-state index in [-0.39, 0.29) is 24.2 Å². The number of nitrogens with one attached hydrogen (secondary N) is 2. The number of anilines is 2. The maximum atomic E-state index is 12.4. The monoisotopic (exact) mass is 405 g/mol. The summed E-state index contributed by atoms with van der Waals surface area (Å²) < 4.78 is 6.59. The van der Waals surface area contributed by atoms with Crippen LogP contribution in [0.4, 0.5) is 11.4 Å². The smallest absolute Gasteiger partial charge is 0.313 e. The zero-order chi connectivity index (χ0) is 20.7. The molecule has 0 bridgehead atoms. The predicted octanol–water partition coefficient (Wildman–Crippen LogP) is 2.00. The van der Waals surface area contributed by atoms with Crippen molar-refractivity contribution in [2.75, 3.05) is 17.2 Å². The Morgan fingerprint density at radius 1 is 1.14 bits per heavy atom. The zero-order valence-electron chi connectivity index (χ0n) is 16.2. The molecule has 0 fully saturated rings. The summed E-state index contributed by atoms with van der Waals surface area (Å²) in [5.74, 6) is -0.259. The van der Waals surface area contributed by atoms with Crippen molar-refractivity contribution in [2.45, 2.75) is 37.6 Å². The van der Waals surface area contributed by atoms with Gasteiger partial charge in [0.1, 0.15) is 12.2 Å². The number of ether oxygens (including phenoxy) is 1. The molecule has 2 N–H and O–H groups in total. The number of carbonyl (C=O) groups excluding carboxylic acids is 3. The molecule has 0 unspecified atom stereocenters. The van der Waals surface area contributed by atoms with Gasteiger partial charge >= 0.3 is 5.97 Å². The molecule has 0 saturated heterocycles. The lowest BCUT2D eigenvalue weighted by atomic mass is 10.2. The number of nitrogens with zero attached hydrogens (tertiary/aromatic N) is 3. The minimum Gasteiger partial charge on any atom is -0.466 e. The molecule has 2 aromatic rings. The van der Waals surface area contributed by atoms with E-state index in [4.69, 9.17) is 4.74 Å². The van der Waals surface area contributed by atoms with Crippen LogP contribution >= 0.6 is 11.8 Å². The van der Waals surface area contributed by atoms with Crippen molar-refractivity contribution in [1.82, 2.24) is 14.8 Å². The van der Waals surface area contributed by atoms with Gasteiger partial charge in [-0.25, -0.2) is 0 Å². The van der Waals surface area contributed by atoms with Crippen LogP contribution in [0, 0.1) is 0 Å². The molecular weight excluding hydrogens is 382 g/mol. The van der Waals surface area contributed by atoms with Gasteiger partial charge in [-0.15, -0.1) is 10.2 Å². The molecule has 0 aliphatic carbocycles. The Balaban J connectivity index is 1.94. The minimum atomic E-state index is -0.437. The van der Waals surface area contributed by atoms with Gasteiger partial charge in [0.2, 0.25) is 11.8 Å². The van der Waals surface area contributed by atoms with E-state index in [1.54, 1.807) is 49.7 Å². The van der Waals surface area contributed by atoms with E-state index < -0.39 is 5.25 Å². The van der Waals surface area contributed by atoms with E-state index >= 15 is 0 Å². The van der Waals surface area contributed by atoms with Crippen LogP contribution in [0.3, 0.4) is 0 Å². The van der Waals surface area contributed by atoms with Crippen molar-refractivity contribution in [2.24, 2.45) is 7.05 Å². The lowest BCUT2D eigenvalue weighted by Crippen LogP contribution is -2.23. The summed E-state index contributed by atoms with van der Waals surface area (Å²) in [4.78, 5) is 35.1. The normalized spacial score (nSPS) is 11.6. The quantitative estimate of drug-likeness (QED) is 0.510. The number of amides is 2. The molecule has 150 valence electrons. The highest BCUT2D eigenvalue weighted by atomic mass is 32.2. The van der Waals surface area contributed by atoms with E-state index in [9.17, 15) is 14.4 Å². The minimum absolute atomic E-state index is 0.0269. The number of hydrogen-bond donors (Lipinski definition) is 2. The van der Waals surface area contributed by atoms with Gasteiger partial charge in [-0.05, 0) is 38.1 Å². The highest BCUT2D eigenvalue weighted by molar-refractivity contribution is 8.00. The maximum Gasteiger partial charge on any atom is 0.313 e. The average Bonchev–Trinajstić information content (AvgIpc) is 2.96. The van der Waals surface area contributed by atoms with E-state index in [1.165, 1.54) is 18.7 Å². The van der Waals surface area contributed by atoms with Gasteiger partial charge in [-0.3, -0.25) is 14.4 Å². The fourth-order valence-electron chi connectivity index (χ4n) is 2.24. The number of aromatic nitrogens is 3. The number of thioether (sulfide) groups is 1. The molecule has 0 aliphatic heterocycles. The molecule has 0 saturated carbocycles. The van der Waals surface area contributed by atoms with Crippen molar-refractivity contribution in [3.63, 3.8) is 0 Å². The summed E-state index contributed by atoms with van der Waals surface area (Å²) in [6, 6.07) is 6.83. The molecule has 2 amide bonds. The van der Waals surface area contributed by atoms with Gasteiger partial charge in [0.15, 0.2) is 5.16 Å². The predicted molar refractivity (Wildman–Crippen MR) is 106 cm³/mol.